The summed E-state index contributed by atoms with van der Waals surface area (Å²) in [7, 11) is 0. The number of aromatic nitrogens is 1. The lowest BCUT2D eigenvalue weighted by Crippen LogP contribution is -2.16. The van der Waals surface area contributed by atoms with Gasteiger partial charge in [-0.25, -0.2) is 0 Å². The Labute approximate surface area is 179 Å². The predicted molar refractivity (Wildman–Crippen MR) is 128 cm³/mol. The van der Waals surface area contributed by atoms with E-state index in [0.717, 1.165) is 45.9 Å². The molecule has 1 heterocycles. The molecule has 3 rings (SSSR count). The Hall–Kier alpha value is -3.33. The first-order valence-electron chi connectivity index (χ1n) is 10.5. The summed E-state index contributed by atoms with van der Waals surface area (Å²) in [5.41, 5.74) is 6.77. The molecule has 0 atom stereocenters. The molecule has 1 amide bonds. The van der Waals surface area contributed by atoms with Crippen LogP contribution in [0.5, 0.6) is 0 Å². The van der Waals surface area contributed by atoms with Gasteiger partial charge in [-0.15, -0.1) is 0 Å². The Balaban J connectivity index is 2.34. The lowest BCUT2D eigenvalue weighted by Gasteiger charge is -2.15. The zero-order valence-electron chi connectivity index (χ0n) is 18.3. The van der Waals surface area contributed by atoms with E-state index in [2.05, 4.69) is 56.3 Å². The molecular formula is C27H30N2O. The second-order valence-electron chi connectivity index (χ2n) is 7.65. The van der Waals surface area contributed by atoms with Crippen LogP contribution in [0, 0.1) is 0 Å². The molecule has 0 aliphatic heterocycles. The summed E-state index contributed by atoms with van der Waals surface area (Å²) < 4.78 is 2.28. The summed E-state index contributed by atoms with van der Waals surface area (Å²) in [6.07, 6.45) is 3.81. The van der Waals surface area contributed by atoms with Crippen molar-refractivity contribution in [3.05, 3.63) is 96.3 Å². The summed E-state index contributed by atoms with van der Waals surface area (Å²) in [5, 5.41) is 3.11. The fourth-order valence-corrected chi connectivity index (χ4v) is 4.06. The standard InChI is InChI=1S/C27H30N2O/c1-6-14-20(5)26-23(21-15-10-8-11-16-21)24(25(19(3)4)29(26)7-2)27(30)28-22-17-12-9-13-18-22/h6,8-19H,1,7H2,2-5H3,(H,28,30). The van der Waals surface area contributed by atoms with Gasteiger partial charge < -0.3 is 9.88 Å². The molecule has 1 N–H and O–H groups in total. The number of benzene rings is 2. The summed E-state index contributed by atoms with van der Waals surface area (Å²) in [6, 6.07) is 19.8. The summed E-state index contributed by atoms with van der Waals surface area (Å²) >= 11 is 0. The van der Waals surface area contributed by atoms with E-state index < -0.39 is 0 Å². The van der Waals surface area contributed by atoms with E-state index in [4.69, 9.17) is 0 Å². The molecule has 0 saturated carbocycles. The first kappa shape index (κ1) is 21.4. The van der Waals surface area contributed by atoms with Crippen molar-refractivity contribution >= 4 is 17.2 Å². The maximum Gasteiger partial charge on any atom is 0.258 e. The van der Waals surface area contributed by atoms with E-state index in [-0.39, 0.29) is 11.8 Å². The molecule has 0 fully saturated rings. The van der Waals surface area contributed by atoms with Gasteiger partial charge in [-0.05, 0) is 43.0 Å². The Bertz CT molecular complexity index is 1060. The highest BCUT2D eigenvalue weighted by atomic mass is 16.1. The van der Waals surface area contributed by atoms with Crippen molar-refractivity contribution < 1.29 is 4.79 Å². The van der Waals surface area contributed by atoms with E-state index in [9.17, 15) is 4.79 Å². The topological polar surface area (TPSA) is 34.0 Å². The molecule has 0 aliphatic carbocycles. The van der Waals surface area contributed by atoms with Crippen molar-refractivity contribution in [2.75, 3.05) is 5.32 Å². The van der Waals surface area contributed by atoms with Gasteiger partial charge in [0.2, 0.25) is 0 Å². The van der Waals surface area contributed by atoms with Crippen LogP contribution in [0.2, 0.25) is 0 Å². The van der Waals surface area contributed by atoms with Gasteiger partial charge in [0.15, 0.2) is 0 Å². The van der Waals surface area contributed by atoms with Crippen molar-refractivity contribution in [3.63, 3.8) is 0 Å². The molecule has 3 aromatic rings. The average molecular weight is 399 g/mol. The summed E-state index contributed by atoms with van der Waals surface area (Å²) in [6.45, 7) is 13.2. The number of para-hydroxylation sites is 1. The number of anilines is 1. The highest BCUT2D eigenvalue weighted by Crippen LogP contribution is 2.40. The van der Waals surface area contributed by atoms with Crippen molar-refractivity contribution in [1.82, 2.24) is 4.57 Å². The van der Waals surface area contributed by atoms with Crippen LogP contribution in [0.1, 0.15) is 55.4 Å². The quantitative estimate of drug-likeness (QED) is 0.422. The molecule has 0 radical (unpaired) electrons. The van der Waals surface area contributed by atoms with E-state index in [1.165, 1.54) is 0 Å². The van der Waals surface area contributed by atoms with E-state index >= 15 is 0 Å². The third-order valence-corrected chi connectivity index (χ3v) is 5.23. The minimum atomic E-state index is -0.0800. The number of allylic oxidation sites excluding steroid dienone is 3. The van der Waals surface area contributed by atoms with Crippen LogP contribution in [-0.2, 0) is 6.54 Å². The smallest absolute Gasteiger partial charge is 0.258 e. The van der Waals surface area contributed by atoms with Crippen molar-refractivity contribution in [3.8, 4) is 11.1 Å². The fraction of sp³-hybridized carbons (Fsp3) is 0.222. The van der Waals surface area contributed by atoms with Crippen LogP contribution in [0.3, 0.4) is 0 Å². The fourth-order valence-electron chi connectivity index (χ4n) is 4.06. The average Bonchev–Trinajstić information content (AvgIpc) is 3.11. The normalized spacial score (nSPS) is 11.6. The molecule has 0 saturated heterocycles. The van der Waals surface area contributed by atoms with Gasteiger partial charge in [0.05, 0.1) is 11.3 Å². The Morgan fingerprint density at radius 3 is 2.20 bits per heavy atom. The predicted octanol–water partition coefficient (Wildman–Crippen LogP) is 7.14. The molecule has 3 heteroatoms. The van der Waals surface area contributed by atoms with Crippen LogP contribution in [0.15, 0.2) is 79.4 Å². The molecular weight excluding hydrogens is 368 g/mol. The zero-order chi connectivity index (χ0) is 21.7. The number of carbonyl (C=O) groups excluding carboxylic acids is 1. The van der Waals surface area contributed by atoms with E-state index in [1.54, 1.807) is 6.08 Å². The maximum atomic E-state index is 13.6. The molecule has 0 bridgehead atoms. The van der Waals surface area contributed by atoms with Crippen LogP contribution in [0.25, 0.3) is 16.7 Å². The molecule has 0 aliphatic rings. The highest BCUT2D eigenvalue weighted by Gasteiger charge is 2.29. The summed E-state index contributed by atoms with van der Waals surface area (Å²) in [5.74, 6) is 0.109. The van der Waals surface area contributed by atoms with Gasteiger partial charge in [-0.1, -0.05) is 81.1 Å². The number of rotatable bonds is 7. The second kappa shape index (κ2) is 9.45. The molecule has 0 spiro atoms. The van der Waals surface area contributed by atoms with Crippen molar-refractivity contribution in [1.29, 1.82) is 0 Å². The zero-order valence-corrected chi connectivity index (χ0v) is 18.3. The Morgan fingerprint density at radius 2 is 1.67 bits per heavy atom. The van der Waals surface area contributed by atoms with Gasteiger partial charge >= 0.3 is 0 Å². The third kappa shape index (κ3) is 4.16. The third-order valence-electron chi connectivity index (χ3n) is 5.23. The lowest BCUT2D eigenvalue weighted by molar-refractivity contribution is 0.102. The molecule has 2 aromatic carbocycles. The molecule has 3 nitrogen and oxygen atoms in total. The van der Waals surface area contributed by atoms with Gasteiger partial charge in [-0.3, -0.25) is 4.79 Å². The number of nitrogens with one attached hydrogen (secondary N) is 1. The van der Waals surface area contributed by atoms with Gasteiger partial charge in [0, 0.05) is 23.5 Å². The maximum absolute atomic E-state index is 13.6. The minimum absolute atomic E-state index is 0.0800. The lowest BCUT2D eigenvalue weighted by atomic mass is 9.94. The Kier molecular flexibility index (Phi) is 6.73. The SMILES string of the molecule is C=CC=C(C)c1c(-c2ccccc2)c(C(=O)Nc2ccccc2)c(C(C)C)n1CC. The Morgan fingerprint density at radius 1 is 1.07 bits per heavy atom. The van der Waals surface area contributed by atoms with Gasteiger partial charge in [0.25, 0.3) is 5.91 Å². The van der Waals surface area contributed by atoms with Crippen LogP contribution in [0.4, 0.5) is 5.69 Å². The van der Waals surface area contributed by atoms with Crippen LogP contribution in [-0.4, -0.2) is 10.5 Å². The number of carbonyl (C=O) groups is 1. The van der Waals surface area contributed by atoms with Crippen molar-refractivity contribution in [2.24, 2.45) is 0 Å². The molecule has 0 unspecified atom stereocenters. The highest BCUT2D eigenvalue weighted by molar-refractivity contribution is 6.11. The first-order valence-corrected chi connectivity index (χ1v) is 10.5. The largest absolute Gasteiger partial charge is 0.344 e. The van der Waals surface area contributed by atoms with Crippen LogP contribution < -0.4 is 5.32 Å². The minimum Gasteiger partial charge on any atom is -0.344 e. The molecule has 1 aromatic heterocycles. The summed E-state index contributed by atoms with van der Waals surface area (Å²) in [4.78, 5) is 13.6. The van der Waals surface area contributed by atoms with Crippen molar-refractivity contribution in [2.45, 2.75) is 40.2 Å². The monoisotopic (exact) mass is 398 g/mol. The first-order chi connectivity index (χ1) is 14.5. The second-order valence-corrected chi connectivity index (χ2v) is 7.65. The number of amides is 1. The van der Waals surface area contributed by atoms with E-state index in [0.29, 0.717) is 0 Å². The molecule has 154 valence electrons. The molecule has 30 heavy (non-hydrogen) atoms. The van der Waals surface area contributed by atoms with Gasteiger partial charge in [-0.2, -0.15) is 0 Å². The van der Waals surface area contributed by atoms with E-state index in [1.807, 2.05) is 54.6 Å². The number of hydrogen-bond acceptors (Lipinski definition) is 1. The number of hydrogen-bond donors (Lipinski definition) is 1. The number of nitrogens with zero attached hydrogens (tertiary/aromatic N) is 1. The van der Waals surface area contributed by atoms with Crippen LogP contribution >= 0.6 is 0 Å². The van der Waals surface area contributed by atoms with Gasteiger partial charge in [0.1, 0.15) is 0 Å².